The Morgan fingerprint density at radius 2 is 1.77 bits per heavy atom. The average molecular weight is 422 g/mol. The molecule has 0 aliphatic carbocycles. The predicted octanol–water partition coefficient (Wildman–Crippen LogP) is 3.92. The van der Waals surface area contributed by atoms with Crippen LogP contribution in [0.25, 0.3) is 0 Å². The Labute approximate surface area is 184 Å². The Kier molecular flexibility index (Phi) is 7.10. The van der Waals surface area contributed by atoms with Crippen molar-refractivity contribution in [1.29, 1.82) is 0 Å². The van der Waals surface area contributed by atoms with Crippen LogP contribution >= 0.6 is 0 Å². The number of nitrogens with one attached hydrogen (secondary N) is 2. The third-order valence-electron chi connectivity index (χ3n) is 6.04. The Hall–Kier alpha value is -3.15. The molecule has 6 nitrogen and oxygen atoms in total. The summed E-state index contributed by atoms with van der Waals surface area (Å²) in [5.41, 5.74) is 4.70. The maximum atomic E-state index is 12.7. The summed E-state index contributed by atoms with van der Waals surface area (Å²) in [6, 6.07) is 13.7. The fourth-order valence-electron chi connectivity index (χ4n) is 3.99. The van der Waals surface area contributed by atoms with E-state index in [1.165, 1.54) is 0 Å². The number of anilines is 2. The number of aryl methyl sites for hydroxylation is 2. The topological polar surface area (TPSA) is 78.5 Å². The van der Waals surface area contributed by atoms with Crippen molar-refractivity contribution >= 4 is 29.1 Å². The Bertz CT molecular complexity index is 965. The number of amides is 3. The number of hydrogen-bond donors (Lipinski definition) is 2. The molecule has 3 rings (SSSR count). The van der Waals surface area contributed by atoms with Crippen molar-refractivity contribution in [3.8, 4) is 0 Å². The van der Waals surface area contributed by atoms with Crippen molar-refractivity contribution in [3.05, 3.63) is 59.2 Å². The first-order valence-electron chi connectivity index (χ1n) is 10.8. The molecule has 1 heterocycles. The fourth-order valence-corrected chi connectivity index (χ4v) is 3.99. The van der Waals surface area contributed by atoms with Gasteiger partial charge in [-0.1, -0.05) is 50.2 Å². The molecule has 2 atom stereocenters. The van der Waals surface area contributed by atoms with Crippen LogP contribution in [0.4, 0.5) is 11.4 Å². The first kappa shape index (κ1) is 22.5. The molecule has 6 heteroatoms. The molecule has 2 aromatic carbocycles. The van der Waals surface area contributed by atoms with Crippen molar-refractivity contribution in [3.63, 3.8) is 0 Å². The van der Waals surface area contributed by atoms with Gasteiger partial charge in [-0.05, 0) is 48.9 Å². The van der Waals surface area contributed by atoms with Gasteiger partial charge in [-0.15, -0.1) is 0 Å². The van der Waals surface area contributed by atoms with E-state index in [-0.39, 0.29) is 30.7 Å². The van der Waals surface area contributed by atoms with Crippen molar-refractivity contribution in [2.45, 2.75) is 46.5 Å². The summed E-state index contributed by atoms with van der Waals surface area (Å²) in [7, 11) is 0. The van der Waals surface area contributed by atoms with Crippen molar-refractivity contribution in [2.24, 2.45) is 5.92 Å². The lowest BCUT2D eigenvalue weighted by Crippen LogP contribution is -2.38. The quantitative estimate of drug-likeness (QED) is 0.711. The zero-order chi connectivity index (χ0) is 22.5. The van der Waals surface area contributed by atoms with Crippen LogP contribution in [0.1, 0.15) is 49.3 Å². The first-order valence-corrected chi connectivity index (χ1v) is 10.8. The van der Waals surface area contributed by atoms with E-state index in [2.05, 4.69) is 24.5 Å². The van der Waals surface area contributed by atoms with E-state index in [0.29, 0.717) is 12.5 Å². The monoisotopic (exact) mass is 421 g/mol. The van der Waals surface area contributed by atoms with Crippen LogP contribution in [0.2, 0.25) is 0 Å². The van der Waals surface area contributed by atoms with Crippen molar-refractivity contribution < 1.29 is 14.4 Å². The molecule has 1 aliphatic heterocycles. The number of carbonyl (C=O) groups is 3. The molecule has 2 N–H and O–H groups in total. The molecule has 164 valence electrons. The molecule has 0 aromatic heterocycles. The number of benzene rings is 2. The standard InChI is InChI=1S/C25H31N3O3/c1-5-16(2)20-11-6-7-12-21(20)28-15-19(13-23(28)30)25(31)26-14-22(29)27-24-17(3)9-8-10-18(24)4/h6-12,16,19H,5,13-15H2,1-4H3,(H,26,31)(H,27,29). The van der Waals surface area contributed by atoms with E-state index >= 15 is 0 Å². The highest BCUT2D eigenvalue weighted by Crippen LogP contribution is 2.33. The molecule has 0 spiro atoms. The lowest BCUT2D eigenvalue weighted by molar-refractivity contribution is -0.127. The highest BCUT2D eigenvalue weighted by molar-refractivity contribution is 6.02. The summed E-state index contributed by atoms with van der Waals surface area (Å²) in [6.07, 6.45) is 1.12. The highest BCUT2D eigenvalue weighted by Gasteiger charge is 2.36. The summed E-state index contributed by atoms with van der Waals surface area (Å²) >= 11 is 0. The zero-order valence-electron chi connectivity index (χ0n) is 18.7. The molecule has 0 saturated carbocycles. The van der Waals surface area contributed by atoms with Gasteiger partial charge in [0.2, 0.25) is 17.7 Å². The summed E-state index contributed by atoms with van der Waals surface area (Å²) in [5, 5.41) is 5.56. The van der Waals surface area contributed by atoms with Crippen LogP contribution in [-0.4, -0.2) is 30.8 Å². The highest BCUT2D eigenvalue weighted by atomic mass is 16.2. The second-order valence-electron chi connectivity index (χ2n) is 8.31. The molecule has 0 radical (unpaired) electrons. The molecule has 2 unspecified atom stereocenters. The van der Waals surface area contributed by atoms with E-state index in [1.54, 1.807) is 4.90 Å². The van der Waals surface area contributed by atoms with Gasteiger partial charge in [-0.2, -0.15) is 0 Å². The van der Waals surface area contributed by atoms with Gasteiger partial charge in [-0.3, -0.25) is 14.4 Å². The first-order chi connectivity index (χ1) is 14.8. The van der Waals surface area contributed by atoms with Gasteiger partial charge >= 0.3 is 0 Å². The SMILES string of the molecule is CCC(C)c1ccccc1N1CC(C(=O)NCC(=O)Nc2c(C)cccc2C)CC1=O. The van der Waals surface area contributed by atoms with E-state index in [1.807, 2.05) is 56.3 Å². The average Bonchev–Trinajstić information content (AvgIpc) is 3.15. The maximum absolute atomic E-state index is 12.7. The van der Waals surface area contributed by atoms with Crippen LogP contribution in [0.5, 0.6) is 0 Å². The minimum Gasteiger partial charge on any atom is -0.347 e. The minimum atomic E-state index is -0.467. The van der Waals surface area contributed by atoms with Crippen molar-refractivity contribution in [2.75, 3.05) is 23.3 Å². The second-order valence-corrected chi connectivity index (χ2v) is 8.31. The largest absolute Gasteiger partial charge is 0.347 e. The van der Waals surface area contributed by atoms with Gasteiger partial charge in [0.1, 0.15) is 0 Å². The molecule has 0 bridgehead atoms. The van der Waals surface area contributed by atoms with E-state index in [0.717, 1.165) is 34.5 Å². The Morgan fingerprint density at radius 1 is 1.10 bits per heavy atom. The summed E-state index contributed by atoms with van der Waals surface area (Å²) < 4.78 is 0. The fraction of sp³-hybridized carbons (Fsp3) is 0.400. The van der Waals surface area contributed by atoms with Gasteiger partial charge < -0.3 is 15.5 Å². The van der Waals surface area contributed by atoms with Crippen LogP contribution in [0.15, 0.2) is 42.5 Å². The molecule has 1 aliphatic rings. The second kappa shape index (κ2) is 9.77. The van der Waals surface area contributed by atoms with Gasteiger partial charge in [0, 0.05) is 24.3 Å². The number of hydrogen-bond acceptors (Lipinski definition) is 3. The Balaban J connectivity index is 1.60. The number of carbonyl (C=O) groups excluding carboxylic acids is 3. The maximum Gasteiger partial charge on any atom is 0.243 e. The molecule has 1 saturated heterocycles. The van der Waals surface area contributed by atoms with Crippen LogP contribution in [0, 0.1) is 19.8 Å². The van der Waals surface area contributed by atoms with Gasteiger partial charge in [0.15, 0.2) is 0 Å². The number of nitrogens with zero attached hydrogens (tertiary/aromatic N) is 1. The molecular weight excluding hydrogens is 390 g/mol. The lowest BCUT2D eigenvalue weighted by atomic mass is 9.96. The van der Waals surface area contributed by atoms with Gasteiger partial charge in [0.25, 0.3) is 0 Å². The van der Waals surface area contributed by atoms with E-state index in [9.17, 15) is 14.4 Å². The van der Waals surface area contributed by atoms with Gasteiger partial charge in [-0.25, -0.2) is 0 Å². The zero-order valence-corrected chi connectivity index (χ0v) is 18.7. The smallest absolute Gasteiger partial charge is 0.243 e. The van der Waals surface area contributed by atoms with Crippen LogP contribution in [-0.2, 0) is 14.4 Å². The predicted molar refractivity (Wildman–Crippen MR) is 123 cm³/mol. The normalized spacial score (nSPS) is 16.8. The van der Waals surface area contributed by atoms with E-state index < -0.39 is 5.92 Å². The molecule has 2 aromatic rings. The molecule has 1 fully saturated rings. The minimum absolute atomic E-state index is 0.0594. The van der Waals surface area contributed by atoms with Crippen LogP contribution in [0.3, 0.4) is 0 Å². The molecule has 31 heavy (non-hydrogen) atoms. The third kappa shape index (κ3) is 5.13. The summed E-state index contributed by atoms with van der Waals surface area (Å²) in [4.78, 5) is 39.4. The van der Waals surface area contributed by atoms with E-state index in [4.69, 9.17) is 0 Å². The Morgan fingerprint density at radius 3 is 2.45 bits per heavy atom. The van der Waals surface area contributed by atoms with Crippen LogP contribution < -0.4 is 15.5 Å². The summed E-state index contributed by atoms with van der Waals surface area (Å²) in [6.45, 7) is 8.32. The van der Waals surface area contributed by atoms with Crippen molar-refractivity contribution in [1.82, 2.24) is 5.32 Å². The molecular formula is C25H31N3O3. The number of rotatable bonds is 7. The third-order valence-corrected chi connectivity index (χ3v) is 6.04. The molecule has 3 amide bonds. The lowest BCUT2D eigenvalue weighted by Gasteiger charge is -2.23. The summed E-state index contributed by atoms with van der Waals surface area (Å²) in [5.74, 6) is -0.755. The van der Waals surface area contributed by atoms with Gasteiger partial charge in [0.05, 0.1) is 12.5 Å². The number of para-hydroxylation sites is 2.